The maximum Gasteiger partial charge on any atom is 0.227 e. The number of hydrogen-bond donors (Lipinski definition) is 1. The van der Waals surface area contributed by atoms with Crippen molar-refractivity contribution in [3.05, 3.63) is 53.5 Å². The SMILES string of the molecule is CCNC(=O)C(C)c1ccc(O[C@@H]2CCN(c3ncc(CC4CCCC4)cc3F)C2)cc1. The number of anilines is 1. The molecule has 5 nitrogen and oxygen atoms in total. The molecule has 1 aliphatic heterocycles. The first-order valence-electron chi connectivity index (χ1n) is 12.0. The zero-order valence-electron chi connectivity index (χ0n) is 19.1. The Bertz CT molecular complexity index is 912. The van der Waals surface area contributed by atoms with Crippen LogP contribution in [0.2, 0.25) is 0 Å². The van der Waals surface area contributed by atoms with E-state index in [0.29, 0.717) is 24.8 Å². The second kappa shape index (κ2) is 10.3. The molecule has 0 spiro atoms. The first-order valence-corrected chi connectivity index (χ1v) is 12.0. The fourth-order valence-electron chi connectivity index (χ4n) is 4.89. The van der Waals surface area contributed by atoms with Crippen LogP contribution in [0.1, 0.15) is 63.0 Å². The van der Waals surface area contributed by atoms with Crippen molar-refractivity contribution < 1.29 is 13.9 Å². The first-order chi connectivity index (χ1) is 15.5. The Morgan fingerprint density at radius 1 is 1.25 bits per heavy atom. The number of amides is 1. The number of carbonyl (C=O) groups is 1. The fraction of sp³-hybridized carbons (Fsp3) is 0.538. The zero-order chi connectivity index (χ0) is 22.5. The first kappa shape index (κ1) is 22.6. The van der Waals surface area contributed by atoms with Gasteiger partial charge in [-0.15, -0.1) is 0 Å². The molecule has 4 rings (SSSR count). The fourth-order valence-corrected chi connectivity index (χ4v) is 4.89. The lowest BCUT2D eigenvalue weighted by molar-refractivity contribution is -0.122. The molecular formula is C26H34FN3O2. The molecule has 1 aromatic heterocycles. The topological polar surface area (TPSA) is 54.5 Å². The van der Waals surface area contributed by atoms with Crippen molar-refractivity contribution in [1.29, 1.82) is 0 Å². The van der Waals surface area contributed by atoms with Gasteiger partial charge in [-0.3, -0.25) is 4.79 Å². The number of halogens is 1. The molecule has 1 saturated heterocycles. The maximum absolute atomic E-state index is 14.8. The molecule has 1 N–H and O–H groups in total. The summed E-state index contributed by atoms with van der Waals surface area (Å²) in [5.41, 5.74) is 1.97. The van der Waals surface area contributed by atoms with Gasteiger partial charge in [0.15, 0.2) is 11.6 Å². The van der Waals surface area contributed by atoms with Crippen LogP contribution in [0.25, 0.3) is 0 Å². The number of hydrogen-bond acceptors (Lipinski definition) is 4. The molecular weight excluding hydrogens is 405 g/mol. The second-order valence-corrected chi connectivity index (χ2v) is 9.16. The molecule has 1 unspecified atom stereocenters. The molecule has 1 amide bonds. The Morgan fingerprint density at radius 3 is 2.69 bits per heavy atom. The molecule has 1 saturated carbocycles. The Labute approximate surface area is 190 Å². The van der Waals surface area contributed by atoms with E-state index in [1.54, 1.807) is 6.07 Å². The highest BCUT2D eigenvalue weighted by atomic mass is 19.1. The molecule has 2 aliphatic rings. The number of likely N-dealkylation sites (N-methyl/N-ethyl adjacent to an activating group) is 1. The number of ether oxygens (including phenoxy) is 1. The summed E-state index contributed by atoms with van der Waals surface area (Å²) >= 11 is 0. The number of rotatable bonds is 8. The molecule has 2 fully saturated rings. The number of benzene rings is 1. The Balaban J connectivity index is 1.32. The van der Waals surface area contributed by atoms with Gasteiger partial charge in [-0.2, -0.15) is 0 Å². The van der Waals surface area contributed by atoms with Crippen molar-refractivity contribution in [1.82, 2.24) is 10.3 Å². The largest absolute Gasteiger partial charge is 0.489 e. The van der Waals surface area contributed by atoms with Crippen LogP contribution >= 0.6 is 0 Å². The molecule has 1 aliphatic carbocycles. The Morgan fingerprint density at radius 2 is 2.00 bits per heavy atom. The van der Waals surface area contributed by atoms with E-state index in [9.17, 15) is 9.18 Å². The normalized spacial score (nSPS) is 19.8. The van der Waals surface area contributed by atoms with Crippen LogP contribution in [0.15, 0.2) is 36.5 Å². The maximum atomic E-state index is 14.8. The Hall–Kier alpha value is -2.63. The zero-order valence-corrected chi connectivity index (χ0v) is 19.1. The minimum atomic E-state index is -0.232. The third kappa shape index (κ3) is 5.40. The lowest BCUT2D eigenvalue weighted by atomic mass is 9.99. The summed E-state index contributed by atoms with van der Waals surface area (Å²) in [6.07, 6.45) is 8.68. The predicted molar refractivity (Wildman–Crippen MR) is 125 cm³/mol. The van der Waals surface area contributed by atoms with Gasteiger partial charge in [0.1, 0.15) is 11.9 Å². The number of nitrogens with one attached hydrogen (secondary N) is 1. The van der Waals surface area contributed by atoms with Crippen molar-refractivity contribution in [3.63, 3.8) is 0 Å². The third-order valence-corrected chi connectivity index (χ3v) is 6.75. The summed E-state index contributed by atoms with van der Waals surface area (Å²) < 4.78 is 20.9. The Kier molecular flexibility index (Phi) is 7.28. The number of carbonyl (C=O) groups excluding carboxylic acids is 1. The highest BCUT2D eigenvalue weighted by Crippen LogP contribution is 2.30. The van der Waals surface area contributed by atoms with Crippen LogP contribution in [0.4, 0.5) is 10.2 Å². The summed E-state index contributed by atoms with van der Waals surface area (Å²) in [5.74, 6) is 1.47. The number of pyridine rings is 1. The van der Waals surface area contributed by atoms with E-state index < -0.39 is 0 Å². The van der Waals surface area contributed by atoms with Gasteiger partial charge in [0, 0.05) is 25.7 Å². The van der Waals surface area contributed by atoms with Crippen LogP contribution in [-0.2, 0) is 11.2 Å². The van der Waals surface area contributed by atoms with Gasteiger partial charge in [0.2, 0.25) is 5.91 Å². The molecule has 2 heterocycles. The average molecular weight is 440 g/mol. The van der Waals surface area contributed by atoms with Crippen molar-refractivity contribution in [2.24, 2.45) is 5.92 Å². The van der Waals surface area contributed by atoms with Gasteiger partial charge in [0.05, 0.1) is 12.5 Å². The molecule has 6 heteroatoms. The summed E-state index contributed by atoms with van der Waals surface area (Å²) in [6.45, 7) is 5.78. The highest BCUT2D eigenvalue weighted by Gasteiger charge is 2.27. The molecule has 1 aromatic carbocycles. The summed E-state index contributed by atoms with van der Waals surface area (Å²) in [4.78, 5) is 18.5. The van der Waals surface area contributed by atoms with Crippen LogP contribution < -0.4 is 15.0 Å². The number of aromatic nitrogens is 1. The van der Waals surface area contributed by atoms with Crippen molar-refractivity contribution in [2.75, 3.05) is 24.5 Å². The molecule has 0 bridgehead atoms. The van der Waals surface area contributed by atoms with E-state index in [0.717, 1.165) is 36.3 Å². The van der Waals surface area contributed by atoms with Crippen LogP contribution in [0, 0.1) is 11.7 Å². The van der Waals surface area contributed by atoms with Gasteiger partial charge < -0.3 is 15.0 Å². The predicted octanol–water partition coefficient (Wildman–Crippen LogP) is 4.85. The third-order valence-electron chi connectivity index (χ3n) is 6.75. The summed E-state index contributed by atoms with van der Waals surface area (Å²) in [5, 5.41) is 2.85. The van der Waals surface area contributed by atoms with Crippen LogP contribution in [-0.4, -0.2) is 36.6 Å². The monoisotopic (exact) mass is 439 g/mol. The van der Waals surface area contributed by atoms with E-state index in [-0.39, 0.29) is 23.7 Å². The summed E-state index contributed by atoms with van der Waals surface area (Å²) in [7, 11) is 0. The van der Waals surface area contributed by atoms with Crippen molar-refractivity contribution >= 4 is 11.7 Å². The van der Waals surface area contributed by atoms with E-state index >= 15 is 0 Å². The summed E-state index contributed by atoms with van der Waals surface area (Å²) in [6, 6.07) is 9.36. The second-order valence-electron chi connectivity index (χ2n) is 9.16. The van der Waals surface area contributed by atoms with E-state index in [1.807, 2.05) is 49.2 Å². The molecule has 0 radical (unpaired) electrons. The quantitative estimate of drug-likeness (QED) is 0.639. The van der Waals surface area contributed by atoms with Gasteiger partial charge >= 0.3 is 0 Å². The minimum Gasteiger partial charge on any atom is -0.489 e. The van der Waals surface area contributed by atoms with E-state index in [1.165, 1.54) is 25.7 Å². The van der Waals surface area contributed by atoms with Gasteiger partial charge in [-0.1, -0.05) is 37.8 Å². The van der Waals surface area contributed by atoms with Gasteiger partial charge in [-0.25, -0.2) is 9.37 Å². The van der Waals surface area contributed by atoms with E-state index in [4.69, 9.17) is 4.74 Å². The smallest absolute Gasteiger partial charge is 0.227 e. The van der Waals surface area contributed by atoms with E-state index in [2.05, 4.69) is 10.3 Å². The molecule has 2 atom stereocenters. The highest BCUT2D eigenvalue weighted by molar-refractivity contribution is 5.83. The van der Waals surface area contributed by atoms with Gasteiger partial charge in [0.25, 0.3) is 0 Å². The standard InChI is InChI=1S/C26H34FN3O2/c1-3-28-26(31)18(2)21-8-10-22(11-9-21)32-23-12-13-30(17-23)25-24(27)15-20(16-29-25)14-19-6-4-5-7-19/h8-11,15-16,18-19,23H,3-7,12-14,17H2,1-2H3,(H,28,31)/t18?,23-/m1/s1. The molecule has 172 valence electrons. The average Bonchev–Trinajstić information content (AvgIpc) is 3.46. The van der Waals surface area contributed by atoms with Gasteiger partial charge in [-0.05, 0) is 55.5 Å². The molecule has 32 heavy (non-hydrogen) atoms. The van der Waals surface area contributed by atoms with Crippen LogP contribution in [0.5, 0.6) is 5.75 Å². The lowest BCUT2D eigenvalue weighted by Crippen LogP contribution is -2.27. The lowest BCUT2D eigenvalue weighted by Gasteiger charge is -2.19. The van der Waals surface area contributed by atoms with Crippen LogP contribution in [0.3, 0.4) is 0 Å². The minimum absolute atomic E-state index is 0.0129. The number of nitrogens with zero attached hydrogens (tertiary/aromatic N) is 2. The molecule has 2 aromatic rings. The van der Waals surface area contributed by atoms with Crippen molar-refractivity contribution in [3.8, 4) is 5.75 Å². The van der Waals surface area contributed by atoms with Crippen molar-refractivity contribution in [2.45, 2.75) is 64.4 Å².